The molecule has 9 nitrogen and oxygen atoms in total. The molecular weight excluding hydrogens is 596 g/mol. The molecule has 2 fully saturated rings. The highest BCUT2D eigenvalue weighted by molar-refractivity contribution is 5.97. The SMILES string of the molecule is Cc1c(C)c(=O)[nH][n+](OC(=O)C(F)(F)F)c1Cc1ccc(F)c(C(=O)N2CCN(C3CCC(c4ccccc4)CC3)C(=O)C2)c1. The first-order valence-corrected chi connectivity index (χ1v) is 14.7. The second-order valence-electron chi connectivity index (χ2n) is 11.5. The van der Waals surface area contributed by atoms with Crippen LogP contribution in [0.2, 0.25) is 0 Å². The van der Waals surface area contributed by atoms with Gasteiger partial charge >= 0.3 is 17.7 Å². The van der Waals surface area contributed by atoms with Gasteiger partial charge in [-0.15, -0.1) is 0 Å². The van der Waals surface area contributed by atoms with Crippen molar-refractivity contribution in [3.05, 3.63) is 98.2 Å². The largest absolute Gasteiger partial charge is 0.498 e. The number of carbonyl (C=O) groups is 3. The van der Waals surface area contributed by atoms with E-state index in [1.54, 1.807) is 0 Å². The number of benzene rings is 2. The minimum Gasteiger partial charge on any atom is -0.336 e. The lowest BCUT2D eigenvalue weighted by atomic mass is 9.81. The molecule has 1 aliphatic heterocycles. The zero-order valence-corrected chi connectivity index (χ0v) is 24.8. The van der Waals surface area contributed by atoms with Gasteiger partial charge in [0.2, 0.25) is 5.91 Å². The molecule has 2 aromatic carbocycles. The first-order valence-electron chi connectivity index (χ1n) is 14.7. The third kappa shape index (κ3) is 6.91. The number of halogens is 4. The van der Waals surface area contributed by atoms with Crippen LogP contribution in [0.4, 0.5) is 17.6 Å². The molecule has 1 aromatic heterocycles. The molecule has 2 heterocycles. The van der Waals surface area contributed by atoms with Crippen molar-refractivity contribution in [1.29, 1.82) is 0 Å². The summed E-state index contributed by atoms with van der Waals surface area (Å²) < 4.78 is 53.6. The molecule has 2 aliphatic rings. The minimum atomic E-state index is -5.32. The maximum absolute atomic E-state index is 14.9. The van der Waals surface area contributed by atoms with Crippen molar-refractivity contribution in [2.75, 3.05) is 19.6 Å². The molecule has 1 saturated carbocycles. The third-order valence-electron chi connectivity index (χ3n) is 8.78. The van der Waals surface area contributed by atoms with Crippen molar-refractivity contribution in [3.63, 3.8) is 0 Å². The van der Waals surface area contributed by atoms with E-state index in [9.17, 15) is 36.7 Å². The normalized spacial score (nSPS) is 19.0. The van der Waals surface area contributed by atoms with Gasteiger partial charge in [-0.1, -0.05) is 41.5 Å². The first-order chi connectivity index (χ1) is 21.3. The zero-order chi connectivity index (χ0) is 32.5. The van der Waals surface area contributed by atoms with Crippen molar-refractivity contribution in [3.8, 4) is 0 Å². The van der Waals surface area contributed by atoms with Gasteiger partial charge in [-0.25, -0.2) is 9.18 Å². The highest BCUT2D eigenvalue weighted by Gasteiger charge is 2.46. The number of aromatic nitrogens is 2. The van der Waals surface area contributed by atoms with Crippen molar-refractivity contribution in [2.24, 2.45) is 0 Å². The van der Waals surface area contributed by atoms with Gasteiger partial charge in [-0.3, -0.25) is 14.4 Å². The van der Waals surface area contributed by atoms with E-state index in [2.05, 4.69) is 22.1 Å². The molecule has 0 unspecified atom stereocenters. The molecule has 1 saturated heterocycles. The van der Waals surface area contributed by atoms with Crippen LogP contribution in [0.5, 0.6) is 0 Å². The van der Waals surface area contributed by atoms with Gasteiger partial charge in [0.05, 0.1) is 12.0 Å². The molecule has 45 heavy (non-hydrogen) atoms. The number of rotatable bonds is 6. The molecule has 0 atom stereocenters. The Hall–Kier alpha value is -4.55. The van der Waals surface area contributed by atoms with Crippen LogP contribution in [0, 0.1) is 19.7 Å². The number of carbonyl (C=O) groups excluding carboxylic acids is 3. The molecule has 3 aromatic rings. The highest BCUT2D eigenvalue weighted by atomic mass is 19.4. The van der Waals surface area contributed by atoms with E-state index in [0.717, 1.165) is 31.7 Å². The summed E-state index contributed by atoms with van der Waals surface area (Å²) in [5.41, 5.74) is 0.916. The summed E-state index contributed by atoms with van der Waals surface area (Å²) in [4.78, 5) is 58.1. The van der Waals surface area contributed by atoms with Gasteiger partial charge in [0.15, 0.2) is 0 Å². The lowest BCUT2D eigenvalue weighted by Crippen LogP contribution is -2.58. The van der Waals surface area contributed by atoms with Gasteiger partial charge in [-0.2, -0.15) is 18.0 Å². The predicted molar refractivity (Wildman–Crippen MR) is 153 cm³/mol. The van der Waals surface area contributed by atoms with Gasteiger partial charge in [-0.05, 0) is 68.7 Å². The first kappa shape index (κ1) is 31.9. The van der Waals surface area contributed by atoms with Crippen molar-refractivity contribution in [2.45, 2.75) is 64.1 Å². The molecule has 1 aliphatic carbocycles. The number of H-pyrrole nitrogens is 1. The van der Waals surface area contributed by atoms with E-state index >= 15 is 0 Å². The molecule has 0 spiro atoms. The number of piperazine rings is 1. The molecule has 0 bridgehead atoms. The number of nitrogens with one attached hydrogen (secondary N) is 1. The average molecular weight is 630 g/mol. The fraction of sp³-hybridized carbons (Fsp3) is 0.406. The van der Waals surface area contributed by atoms with Crippen LogP contribution >= 0.6 is 0 Å². The lowest BCUT2D eigenvalue weighted by Gasteiger charge is -2.42. The van der Waals surface area contributed by atoms with Gasteiger partial charge < -0.3 is 9.80 Å². The maximum Gasteiger partial charge on any atom is 0.498 e. The number of aromatic amines is 1. The van der Waals surface area contributed by atoms with E-state index in [1.165, 1.54) is 36.4 Å². The van der Waals surface area contributed by atoms with Crippen LogP contribution < -0.4 is 15.2 Å². The Kier molecular flexibility index (Phi) is 9.08. The molecule has 5 rings (SSSR count). The minimum absolute atomic E-state index is 0.0134. The Labute approximate surface area is 256 Å². The van der Waals surface area contributed by atoms with Crippen LogP contribution in [0.3, 0.4) is 0 Å². The van der Waals surface area contributed by atoms with Crippen molar-refractivity contribution >= 4 is 17.8 Å². The monoisotopic (exact) mass is 629 g/mol. The molecule has 0 radical (unpaired) electrons. The van der Waals surface area contributed by atoms with Gasteiger partial charge in [0.25, 0.3) is 11.6 Å². The molecule has 1 N–H and O–H groups in total. The standard InChI is InChI=1S/C32H32F4N4O5/c1-19-20(2)29(42)37-40(45-31(44)32(34,35)36)27(19)17-21-8-13-26(33)25(16-21)30(43)38-14-15-39(28(41)18-38)24-11-9-23(10-12-24)22-6-4-3-5-7-22/h3-8,13,16,23-24H,9-12,14-15,17-18H2,1-2H3/p+1. The Morgan fingerprint density at radius 1 is 0.978 bits per heavy atom. The lowest BCUT2D eigenvalue weighted by molar-refractivity contribution is -0.921. The quantitative estimate of drug-likeness (QED) is 0.332. The molecular formula is C32H33F4N4O5+. The van der Waals surface area contributed by atoms with E-state index in [0.29, 0.717) is 22.9 Å². The van der Waals surface area contributed by atoms with Crippen LogP contribution in [0.25, 0.3) is 0 Å². The van der Waals surface area contributed by atoms with Crippen LogP contribution in [0.15, 0.2) is 53.3 Å². The fourth-order valence-corrected chi connectivity index (χ4v) is 6.10. The average Bonchev–Trinajstić information content (AvgIpc) is 3.02. The van der Waals surface area contributed by atoms with Gasteiger partial charge in [0.1, 0.15) is 17.2 Å². The number of nitrogens with zero attached hydrogens (tertiary/aromatic N) is 3. The summed E-state index contributed by atoms with van der Waals surface area (Å²) in [6, 6.07) is 14.0. The zero-order valence-electron chi connectivity index (χ0n) is 24.8. The van der Waals surface area contributed by atoms with E-state index in [4.69, 9.17) is 0 Å². The second-order valence-corrected chi connectivity index (χ2v) is 11.5. The molecule has 13 heteroatoms. The predicted octanol–water partition coefficient (Wildman–Crippen LogP) is 3.54. The van der Waals surface area contributed by atoms with E-state index < -0.39 is 29.4 Å². The van der Waals surface area contributed by atoms with Crippen LogP contribution in [-0.4, -0.2) is 64.5 Å². The Bertz CT molecular complexity index is 1670. The Balaban J connectivity index is 1.28. The summed E-state index contributed by atoms with van der Waals surface area (Å²) in [6.45, 7) is 3.25. The molecule has 2 amide bonds. The van der Waals surface area contributed by atoms with E-state index in [1.807, 2.05) is 23.1 Å². The topological polar surface area (TPSA) is 104 Å². The van der Waals surface area contributed by atoms with E-state index in [-0.39, 0.29) is 53.8 Å². The number of hydrogen-bond donors (Lipinski definition) is 1. The summed E-state index contributed by atoms with van der Waals surface area (Å²) in [5, 5.41) is 2.08. The summed E-state index contributed by atoms with van der Waals surface area (Å²) in [6.07, 6.45) is -1.90. The van der Waals surface area contributed by atoms with Crippen LogP contribution in [0.1, 0.15) is 69.9 Å². The molecule has 238 valence electrons. The highest BCUT2D eigenvalue weighted by Crippen LogP contribution is 2.35. The second kappa shape index (κ2) is 12.8. The van der Waals surface area contributed by atoms with Crippen molar-refractivity contribution < 1.29 is 41.6 Å². The Morgan fingerprint density at radius 2 is 1.67 bits per heavy atom. The van der Waals surface area contributed by atoms with Crippen LogP contribution in [-0.2, 0) is 16.0 Å². The summed E-state index contributed by atoms with van der Waals surface area (Å²) >= 11 is 0. The maximum atomic E-state index is 14.9. The number of hydrogen-bond acceptors (Lipinski definition) is 5. The van der Waals surface area contributed by atoms with Gasteiger partial charge in [0, 0.05) is 30.3 Å². The smallest absolute Gasteiger partial charge is 0.336 e. The fourth-order valence-electron chi connectivity index (χ4n) is 6.10. The summed E-state index contributed by atoms with van der Waals surface area (Å²) in [5.74, 6) is -3.83. The third-order valence-corrected chi connectivity index (χ3v) is 8.78. The Morgan fingerprint density at radius 3 is 2.31 bits per heavy atom. The number of alkyl halides is 3. The summed E-state index contributed by atoms with van der Waals surface area (Å²) in [7, 11) is 0. The van der Waals surface area contributed by atoms with Crippen molar-refractivity contribution in [1.82, 2.24) is 14.9 Å². The number of amides is 2.